The molecule has 0 aliphatic rings. The van der Waals surface area contributed by atoms with E-state index in [-0.39, 0.29) is 18.4 Å². The minimum atomic E-state index is -0.840. The molecule has 0 fully saturated rings. The molecule has 0 aliphatic heterocycles. The number of ether oxygens (including phenoxy) is 1. The third kappa shape index (κ3) is 5.05. The molecular weight excluding hydrogens is 240 g/mol. The van der Waals surface area contributed by atoms with E-state index in [9.17, 15) is 4.79 Å². The van der Waals surface area contributed by atoms with Crippen LogP contribution in [0.25, 0.3) is 0 Å². The summed E-state index contributed by atoms with van der Waals surface area (Å²) < 4.78 is 5.69. The van der Waals surface area contributed by atoms with E-state index in [2.05, 4.69) is 18.8 Å². The van der Waals surface area contributed by atoms with Crippen molar-refractivity contribution in [3.8, 4) is 17.6 Å². The van der Waals surface area contributed by atoms with Crippen LogP contribution in [0.1, 0.15) is 45.1 Å². The standard InChI is InChI=1S/C16H20O3/c1-4-6-14(11-16(17)18)13-7-9-15(10-8-13)19-12(3)5-2/h7-10,12,14H,5,11H2,1-3H3,(H,17,18)/t12-,14+/m1/s1. The first-order chi connectivity index (χ1) is 9.06. The Morgan fingerprint density at radius 1 is 1.37 bits per heavy atom. The second-order valence-corrected chi connectivity index (χ2v) is 4.45. The predicted molar refractivity (Wildman–Crippen MR) is 75.3 cm³/mol. The van der Waals surface area contributed by atoms with Gasteiger partial charge in [0.15, 0.2) is 0 Å². The minimum Gasteiger partial charge on any atom is -0.491 e. The summed E-state index contributed by atoms with van der Waals surface area (Å²) in [5, 5.41) is 8.88. The number of benzene rings is 1. The quantitative estimate of drug-likeness (QED) is 0.797. The van der Waals surface area contributed by atoms with E-state index >= 15 is 0 Å². The summed E-state index contributed by atoms with van der Waals surface area (Å²) in [5.74, 6) is 5.41. The molecule has 3 heteroatoms. The summed E-state index contributed by atoms with van der Waals surface area (Å²) in [7, 11) is 0. The molecule has 0 saturated heterocycles. The van der Waals surface area contributed by atoms with Crippen LogP contribution in [-0.4, -0.2) is 17.2 Å². The molecule has 2 atom stereocenters. The van der Waals surface area contributed by atoms with Gasteiger partial charge in [-0.05, 0) is 38.0 Å². The highest BCUT2D eigenvalue weighted by Gasteiger charge is 2.13. The molecule has 0 saturated carbocycles. The maximum atomic E-state index is 10.8. The lowest BCUT2D eigenvalue weighted by atomic mass is 9.96. The van der Waals surface area contributed by atoms with Gasteiger partial charge in [0.25, 0.3) is 0 Å². The Morgan fingerprint density at radius 2 is 2.00 bits per heavy atom. The lowest BCUT2D eigenvalue weighted by molar-refractivity contribution is -0.137. The van der Waals surface area contributed by atoms with Crippen LogP contribution >= 0.6 is 0 Å². The third-order valence-electron chi connectivity index (χ3n) is 2.89. The first kappa shape index (κ1) is 15.1. The molecular formula is C16H20O3. The van der Waals surface area contributed by atoms with Crippen molar-refractivity contribution in [2.24, 2.45) is 0 Å². The molecule has 0 bridgehead atoms. The predicted octanol–water partition coefficient (Wildman–Crippen LogP) is 3.45. The summed E-state index contributed by atoms with van der Waals surface area (Å²) in [6.45, 7) is 5.80. The molecule has 0 radical (unpaired) electrons. The minimum absolute atomic E-state index is 0.0202. The summed E-state index contributed by atoms with van der Waals surface area (Å²) in [5.41, 5.74) is 0.910. The number of carboxylic acid groups (broad SMARTS) is 1. The zero-order valence-electron chi connectivity index (χ0n) is 11.6. The zero-order chi connectivity index (χ0) is 14.3. The normalized spacial score (nSPS) is 13.0. The van der Waals surface area contributed by atoms with Crippen molar-refractivity contribution in [1.82, 2.24) is 0 Å². The van der Waals surface area contributed by atoms with Crippen LogP contribution in [0.5, 0.6) is 5.75 Å². The molecule has 1 rings (SSSR count). The Morgan fingerprint density at radius 3 is 2.47 bits per heavy atom. The van der Waals surface area contributed by atoms with Crippen molar-refractivity contribution in [3.63, 3.8) is 0 Å². The van der Waals surface area contributed by atoms with Crippen LogP contribution in [0.3, 0.4) is 0 Å². The van der Waals surface area contributed by atoms with E-state index < -0.39 is 5.97 Å². The highest BCUT2D eigenvalue weighted by molar-refractivity contribution is 5.69. The van der Waals surface area contributed by atoms with Gasteiger partial charge in [0.2, 0.25) is 0 Å². The summed E-state index contributed by atoms with van der Waals surface area (Å²) in [6, 6.07) is 7.51. The number of hydrogen-bond donors (Lipinski definition) is 1. The van der Waals surface area contributed by atoms with Gasteiger partial charge in [-0.3, -0.25) is 4.79 Å². The molecule has 1 aromatic rings. The second-order valence-electron chi connectivity index (χ2n) is 4.45. The largest absolute Gasteiger partial charge is 0.491 e. The Hall–Kier alpha value is -1.95. The fraction of sp³-hybridized carbons (Fsp3) is 0.438. The van der Waals surface area contributed by atoms with Gasteiger partial charge in [-0.2, -0.15) is 0 Å². The van der Waals surface area contributed by atoms with E-state index in [0.717, 1.165) is 17.7 Å². The van der Waals surface area contributed by atoms with E-state index in [1.807, 2.05) is 31.2 Å². The van der Waals surface area contributed by atoms with Gasteiger partial charge in [-0.15, -0.1) is 5.92 Å². The zero-order valence-corrected chi connectivity index (χ0v) is 11.6. The number of rotatable bonds is 6. The summed E-state index contributed by atoms with van der Waals surface area (Å²) in [4.78, 5) is 10.8. The number of carbonyl (C=O) groups is 1. The van der Waals surface area contributed by atoms with Crippen molar-refractivity contribution in [2.75, 3.05) is 0 Å². The van der Waals surface area contributed by atoms with E-state index in [1.165, 1.54) is 0 Å². The fourth-order valence-electron chi connectivity index (χ4n) is 1.70. The van der Waals surface area contributed by atoms with Crippen molar-refractivity contribution in [2.45, 2.75) is 45.6 Å². The van der Waals surface area contributed by atoms with Crippen LogP contribution in [0.15, 0.2) is 24.3 Å². The molecule has 0 amide bonds. The highest BCUT2D eigenvalue weighted by atomic mass is 16.5. The van der Waals surface area contributed by atoms with Gasteiger partial charge in [0.1, 0.15) is 5.75 Å². The average molecular weight is 260 g/mol. The van der Waals surface area contributed by atoms with Crippen molar-refractivity contribution in [1.29, 1.82) is 0 Å². The monoisotopic (exact) mass is 260 g/mol. The molecule has 0 unspecified atom stereocenters. The van der Waals surface area contributed by atoms with Gasteiger partial charge >= 0.3 is 5.97 Å². The van der Waals surface area contributed by atoms with Crippen LogP contribution in [0.4, 0.5) is 0 Å². The van der Waals surface area contributed by atoms with E-state index in [4.69, 9.17) is 9.84 Å². The molecule has 0 aromatic heterocycles. The lowest BCUT2D eigenvalue weighted by Gasteiger charge is -2.14. The molecule has 0 spiro atoms. The van der Waals surface area contributed by atoms with Crippen molar-refractivity contribution in [3.05, 3.63) is 29.8 Å². The molecule has 3 nitrogen and oxygen atoms in total. The van der Waals surface area contributed by atoms with E-state index in [1.54, 1.807) is 6.92 Å². The molecule has 1 aromatic carbocycles. The number of aliphatic carboxylic acids is 1. The van der Waals surface area contributed by atoms with E-state index in [0.29, 0.717) is 0 Å². The Balaban J connectivity index is 2.82. The van der Waals surface area contributed by atoms with Gasteiger partial charge in [0, 0.05) is 0 Å². The smallest absolute Gasteiger partial charge is 0.304 e. The Bertz CT molecular complexity index is 465. The molecule has 1 N–H and O–H groups in total. The third-order valence-corrected chi connectivity index (χ3v) is 2.89. The van der Waals surface area contributed by atoms with Gasteiger partial charge in [0.05, 0.1) is 18.4 Å². The maximum absolute atomic E-state index is 10.8. The topological polar surface area (TPSA) is 46.5 Å². The van der Waals surface area contributed by atoms with Crippen LogP contribution in [0.2, 0.25) is 0 Å². The lowest BCUT2D eigenvalue weighted by Crippen LogP contribution is -2.10. The van der Waals surface area contributed by atoms with Gasteiger partial charge in [-0.1, -0.05) is 25.0 Å². The van der Waals surface area contributed by atoms with Crippen LogP contribution < -0.4 is 4.74 Å². The maximum Gasteiger partial charge on any atom is 0.304 e. The van der Waals surface area contributed by atoms with Crippen LogP contribution in [0, 0.1) is 11.8 Å². The number of hydrogen-bond acceptors (Lipinski definition) is 2. The number of carboxylic acids is 1. The second kappa shape index (κ2) is 7.48. The SMILES string of the molecule is CC#C[C@@H](CC(=O)O)c1ccc(O[C@H](C)CC)cc1. The van der Waals surface area contributed by atoms with Crippen molar-refractivity contribution < 1.29 is 14.6 Å². The molecule has 102 valence electrons. The Kier molecular flexibility index (Phi) is 5.95. The van der Waals surface area contributed by atoms with Crippen LogP contribution in [-0.2, 0) is 4.79 Å². The molecule has 19 heavy (non-hydrogen) atoms. The first-order valence-electron chi connectivity index (χ1n) is 6.47. The highest BCUT2D eigenvalue weighted by Crippen LogP contribution is 2.22. The van der Waals surface area contributed by atoms with Gasteiger partial charge < -0.3 is 9.84 Å². The summed E-state index contributed by atoms with van der Waals surface area (Å²) >= 11 is 0. The fourth-order valence-corrected chi connectivity index (χ4v) is 1.70. The average Bonchev–Trinajstić information content (AvgIpc) is 2.38. The Labute approximate surface area is 114 Å². The first-order valence-corrected chi connectivity index (χ1v) is 6.47. The molecule has 0 heterocycles. The van der Waals surface area contributed by atoms with Gasteiger partial charge in [-0.25, -0.2) is 0 Å². The molecule has 0 aliphatic carbocycles. The van der Waals surface area contributed by atoms with Crippen molar-refractivity contribution >= 4 is 5.97 Å². The summed E-state index contributed by atoms with van der Waals surface area (Å²) in [6.07, 6.45) is 1.15.